The number of fused-ring (bicyclic) bond motifs is 1. The van der Waals surface area contributed by atoms with Gasteiger partial charge in [-0.1, -0.05) is 24.3 Å². The maximum Gasteiger partial charge on any atom is 0.252 e. The summed E-state index contributed by atoms with van der Waals surface area (Å²) in [5.74, 6) is 2.93. The Morgan fingerprint density at radius 3 is 2.50 bits per heavy atom. The van der Waals surface area contributed by atoms with Crippen LogP contribution in [0.2, 0.25) is 0 Å². The Labute approximate surface area is 151 Å². The monoisotopic (exact) mass is 346 g/mol. The summed E-state index contributed by atoms with van der Waals surface area (Å²) < 4.78 is 12.3. The van der Waals surface area contributed by atoms with Crippen LogP contribution in [0.5, 0.6) is 11.5 Å². The van der Waals surface area contributed by atoms with E-state index in [1.165, 1.54) is 0 Å². The van der Waals surface area contributed by atoms with Crippen molar-refractivity contribution in [3.8, 4) is 22.8 Å². The van der Waals surface area contributed by atoms with E-state index in [4.69, 9.17) is 9.47 Å². The van der Waals surface area contributed by atoms with Crippen molar-refractivity contribution in [1.29, 1.82) is 0 Å². The lowest BCUT2D eigenvalue weighted by Gasteiger charge is -2.05. The zero-order chi connectivity index (χ0) is 17.9. The Hall–Kier alpha value is -3.41. The van der Waals surface area contributed by atoms with Crippen molar-refractivity contribution in [2.75, 3.05) is 14.2 Å². The van der Waals surface area contributed by atoms with Crippen molar-refractivity contribution in [3.63, 3.8) is 0 Å². The highest BCUT2D eigenvalue weighted by Crippen LogP contribution is 2.24. The Morgan fingerprint density at radius 1 is 0.923 bits per heavy atom. The quantitative estimate of drug-likeness (QED) is 0.554. The third kappa shape index (κ3) is 3.09. The van der Waals surface area contributed by atoms with E-state index < -0.39 is 0 Å². The summed E-state index contributed by atoms with van der Waals surface area (Å²) in [5, 5.41) is 4.65. The Balaban J connectivity index is 1.70. The highest BCUT2D eigenvalue weighted by Gasteiger charge is 2.11. The topological polar surface area (TPSA) is 61.5 Å². The lowest BCUT2D eigenvalue weighted by atomic mass is 10.1. The van der Waals surface area contributed by atoms with Crippen LogP contribution in [-0.4, -0.2) is 33.8 Å². The largest absolute Gasteiger partial charge is 0.497 e. The summed E-state index contributed by atoms with van der Waals surface area (Å²) in [6.07, 6.45) is 2.38. The Morgan fingerprint density at radius 2 is 1.73 bits per heavy atom. The van der Waals surface area contributed by atoms with Crippen molar-refractivity contribution in [1.82, 2.24) is 19.6 Å². The number of nitrogens with zero attached hydrogens (tertiary/aromatic N) is 4. The third-order valence-corrected chi connectivity index (χ3v) is 4.17. The third-order valence-electron chi connectivity index (χ3n) is 4.17. The number of benzene rings is 2. The van der Waals surface area contributed by atoms with Crippen molar-refractivity contribution in [2.45, 2.75) is 6.42 Å². The number of aromatic nitrogens is 4. The van der Waals surface area contributed by atoms with Crippen LogP contribution in [0.25, 0.3) is 17.0 Å². The second-order valence-corrected chi connectivity index (χ2v) is 5.83. The van der Waals surface area contributed by atoms with Crippen LogP contribution in [0.1, 0.15) is 11.4 Å². The molecular weight excluding hydrogens is 328 g/mol. The van der Waals surface area contributed by atoms with Gasteiger partial charge in [0.15, 0.2) is 5.82 Å². The second-order valence-electron chi connectivity index (χ2n) is 5.83. The molecule has 0 bridgehead atoms. The molecule has 0 aliphatic rings. The van der Waals surface area contributed by atoms with Crippen LogP contribution in [0.15, 0.2) is 60.8 Å². The molecule has 0 N–H and O–H groups in total. The summed E-state index contributed by atoms with van der Waals surface area (Å²) in [4.78, 5) is 8.90. The number of ether oxygens (including phenoxy) is 2. The van der Waals surface area contributed by atoms with Gasteiger partial charge in [-0.25, -0.2) is 4.98 Å². The lowest BCUT2D eigenvalue weighted by Crippen LogP contribution is -1.97. The van der Waals surface area contributed by atoms with E-state index in [-0.39, 0.29) is 0 Å². The van der Waals surface area contributed by atoms with Gasteiger partial charge < -0.3 is 9.47 Å². The van der Waals surface area contributed by atoms with Crippen molar-refractivity contribution < 1.29 is 9.47 Å². The van der Waals surface area contributed by atoms with Crippen LogP contribution in [-0.2, 0) is 6.42 Å². The predicted molar refractivity (Wildman–Crippen MR) is 98.6 cm³/mol. The fourth-order valence-electron chi connectivity index (χ4n) is 2.84. The molecule has 2 heterocycles. The van der Waals surface area contributed by atoms with Crippen molar-refractivity contribution in [3.05, 3.63) is 72.2 Å². The molecule has 0 saturated heterocycles. The molecule has 0 fully saturated rings. The van der Waals surface area contributed by atoms with Crippen molar-refractivity contribution >= 4 is 5.78 Å². The number of hydrogen-bond donors (Lipinski definition) is 0. The highest BCUT2D eigenvalue weighted by molar-refractivity contribution is 5.63. The van der Waals surface area contributed by atoms with E-state index in [9.17, 15) is 0 Å². The minimum atomic E-state index is 0.578. The van der Waals surface area contributed by atoms with Gasteiger partial charge in [-0.05, 0) is 35.9 Å². The molecule has 0 amide bonds. The molecule has 4 rings (SSSR count). The van der Waals surface area contributed by atoms with Gasteiger partial charge in [0.2, 0.25) is 0 Å². The summed E-state index contributed by atoms with van der Waals surface area (Å²) in [6.45, 7) is 0. The van der Waals surface area contributed by atoms with Gasteiger partial charge in [0.1, 0.15) is 11.5 Å². The van der Waals surface area contributed by atoms with E-state index >= 15 is 0 Å². The molecule has 0 unspecified atom stereocenters. The summed E-state index contributed by atoms with van der Waals surface area (Å²) in [6, 6.07) is 17.7. The maximum absolute atomic E-state index is 5.32. The first kappa shape index (κ1) is 16.1. The van der Waals surface area contributed by atoms with E-state index in [0.29, 0.717) is 12.2 Å². The molecule has 6 heteroatoms. The van der Waals surface area contributed by atoms with E-state index in [1.807, 2.05) is 54.6 Å². The van der Waals surface area contributed by atoms with Crippen LogP contribution < -0.4 is 9.47 Å². The predicted octanol–water partition coefficient (Wildman–Crippen LogP) is 3.40. The summed E-state index contributed by atoms with van der Waals surface area (Å²) in [5.41, 5.74) is 3.03. The average molecular weight is 346 g/mol. The summed E-state index contributed by atoms with van der Waals surface area (Å²) in [7, 11) is 3.31. The number of methoxy groups -OCH3 is 2. The SMILES string of the molecule is COc1ccc(Cc2nc3nccc(-c4cccc(OC)c4)n3n2)cc1. The minimum Gasteiger partial charge on any atom is -0.497 e. The van der Waals surface area contributed by atoms with Gasteiger partial charge in [0, 0.05) is 18.2 Å². The molecular formula is C20H18N4O2. The van der Waals surface area contributed by atoms with Gasteiger partial charge in [-0.2, -0.15) is 9.50 Å². The molecule has 0 radical (unpaired) electrons. The summed E-state index contributed by atoms with van der Waals surface area (Å²) >= 11 is 0. The van der Waals surface area contributed by atoms with Crippen LogP contribution >= 0.6 is 0 Å². The van der Waals surface area contributed by atoms with Crippen molar-refractivity contribution in [2.24, 2.45) is 0 Å². The van der Waals surface area contributed by atoms with Gasteiger partial charge in [-0.3, -0.25) is 0 Å². The first-order valence-corrected chi connectivity index (χ1v) is 8.25. The first-order chi connectivity index (χ1) is 12.8. The standard InChI is InChI=1S/C20H18N4O2/c1-25-16-8-6-14(7-9-16)12-19-22-20-21-11-10-18(24(20)23-19)15-4-3-5-17(13-15)26-2/h3-11,13H,12H2,1-2H3. The second kappa shape index (κ2) is 6.84. The number of hydrogen-bond acceptors (Lipinski definition) is 5. The van der Waals surface area contributed by atoms with Gasteiger partial charge in [0.05, 0.1) is 19.9 Å². The number of rotatable bonds is 5. The molecule has 0 aliphatic carbocycles. The maximum atomic E-state index is 5.32. The van der Waals surface area contributed by atoms with Crippen LogP contribution in [0.3, 0.4) is 0 Å². The van der Waals surface area contributed by atoms with E-state index in [1.54, 1.807) is 24.9 Å². The molecule has 130 valence electrons. The molecule has 0 aliphatic heterocycles. The first-order valence-electron chi connectivity index (χ1n) is 8.25. The molecule has 2 aromatic carbocycles. The minimum absolute atomic E-state index is 0.578. The molecule has 6 nitrogen and oxygen atoms in total. The highest BCUT2D eigenvalue weighted by atomic mass is 16.5. The van der Waals surface area contributed by atoms with E-state index in [2.05, 4.69) is 15.1 Å². The fraction of sp³-hybridized carbons (Fsp3) is 0.150. The van der Waals surface area contributed by atoms with Gasteiger partial charge in [0.25, 0.3) is 5.78 Å². The fourth-order valence-corrected chi connectivity index (χ4v) is 2.84. The smallest absolute Gasteiger partial charge is 0.252 e. The Bertz CT molecular complexity index is 1040. The molecule has 4 aromatic rings. The molecule has 0 saturated carbocycles. The van der Waals surface area contributed by atoms with Crippen LogP contribution in [0.4, 0.5) is 0 Å². The zero-order valence-electron chi connectivity index (χ0n) is 14.6. The molecule has 26 heavy (non-hydrogen) atoms. The van der Waals surface area contributed by atoms with E-state index in [0.717, 1.165) is 34.1 Å². The molecule has 0 spiro atoms. The lowest BCUT2D eigenvalue weighted by molar-refractivity contribution is 0.414. The van der Waals surface area contributed by atoms with Gasteiger partial charge >= 0.3 is 0 Å². The van der Waals surface area contributed by atoms with Gasteiger partial charge in [-0.15, -0.1) is 5.10 Å². The van der Waals surface area contributed by atoms with Crippen LogP contribution in [0, 0.1) is 0 Å². The Kier molecular flexibility index (Phi) is 4.23. The molecule has 0 atom stereocenters. The molecule has 2 aromatic heterocycles. The zero-order valence-corrected chi connectivity index (χ0v) is 14.6. The average Bonchev–Trinajstić information content (AvgIpc) is 3.11. The normalized spacial score (nSPS) is 10.8.